The molecule has 0 bridgehead atoms. The van der Waals surface area contributed by atoms with Crippen LogP contribution >= 0.6 is 0 Å². The Kier molecular flexibility index (Phi) is 4.15. The average Bonchev–Trinajstić information content (AvgIpc) is 3.19. The van der Waals surface area contributed by atoms with Gasteiger partial charge in [0, 0.05) is 12.6 Å². The average molecular weight is 287 g/mol. The normalized spacial score (nSPS) is 15.0. The van der Waals surface area contributed by atoms with Crippen LogP contribution in [-0.4, -0.2) is 41.1 Å². The molecule has 0 unspecified atom stereocenters. The van der Waals surface area contributed by atoms with Gasteiger partial charge in [-0.15, -0.1) is 0 Å². The number of carbonyl (C=O) groups is 1. The van der Waals surface area contributed by atoms with Crippen molar-refractivity contribution in [2.45, 2.75) is 32.0 Å². The fourth-order valence-electron chi connectivity index (χ4n) is 1.93. The van der Waals surface area contributed by atoms with E-state index in [4.69, 9.17) is 0 Å². The zero-order valence-electron chi connectivity index (χ0n) is 11.1. The summed E-state index contributed by atoms with van der Waals surface area (Å²) in [5, 5.41) is 2.93. The van der Waals surface area contributed by atoms with Gasteiger partial charge in [0.15, 0.2) is 0 Å². The third kappa shape index (κ3) is 3.85. The molecule has 1 saturated carbocycles. The first-order valence-corrected chi connectivity index (χ1v) is 6.49. The molecule has 1 aromatic rings. The highest BCUT2D eigenvalue weighted by Crippen LogP contribution is 2.31. The number of nitrogens with one attached hydrogen (secondary N) is 1. The summed E-state index contributed by atoms with van der Waals surface area (Å²) in [6.45, 7) is 1.28. The van der Waals surface area contributed by atoms with E-state index in [9.17, 15) is 18.0 Å². The van der Waals surface area contributed by atoms with Gasteiger partial charge >= 0.3 is 6.18 Å². The van der Waals surface area contributed by atoms with Crippen LogP contribution in [0.15, 0.2) is 18.2 Å². The van der Waals surface area contributed by atoms with Crippen LogP contribution in [-0.2, 0) is 0 Å². The van der Waals surface area contributed by atoms with Crippen molar-refractivity contribution in [2.24, 2.45) is 0 Å². The number of nitrogens with zero attached hydrogens (tertiary/aromatic N) is 2. The molecule has 0 radical (unpaired) electrons. The van der Waals surface area contributed by atoms with E-state index in [1.165, 1.54) is 6.07 Å². The molecule has 0 spiro atoms. The van der Waals surface area contributed by atoms with Crippen LogP contribution in [0.25, 0.3) is 0 Å². The largest absolute Gasteiger partial charge is 0.406 e. The molecule has 1 aromatic heterocycles. The quantitative estimate of drug-likeness (QED) is 0.905. The Hall–Kier alpha value is -1.79. The first kappa shape index (κ1) is 14.6. The Morgan fingerprint density at radius 3 is 2.70 bits per heavy atom. The van der Waals surface area contributed by atoms with Crippen molar-refractivity contribution in [3.63, 3.8) is 0 Å². The number of pyridine rings is 1. The highest BCUT2D eigenvalue weighted by molar-refractivity contribution is 5.93. The second kappa shape index (κ2) is 5.68. The van der Waals surface area contributed by atoms with Gasteiger partial charge in [0.1, 0.15) is 18.1 Å². The van der Waals surface area contributed by atoms with Crippen LogP contribution in [0, 0.1) is 0 Å². The lowest BCUT2D eigenvalue weighted by atomic mass is 10.3. The summed E-state index contributed by atoms with van der Waals surface area (Å²) in [5.41, 5.74) is 0.0413. The van der Waals surface area contributed by atoms with Gasteiger partial charge in [-0.05, 0) is 31.9 Å². The number of amides is 1. The summed E-state index contributed by atoms with van der Waals surface area (Å²) in [6, 6.07) is 4.41. The summed E-state index contributed by atoms with van der Waals surface area (Å²) in [4.78, 5) is 17.1. The fraction of sp³-hybridized carbons (Fsp3) is 0.538. The molecule has 4 nitrogen and oxygen atoms in total. The van der Waals surface area contributed by atoms with E-state index in [-0.39, 0.29) is 11.7 Å². The second-order valence-electron chi connectivity index (χ2n) is 4.72. The van der Waals surface area contributed by atoms with Crippen LogP contribution in [0.4, 0.5) is 19.0 Å². The molecule has 1 heterocycles. The fourth-order valence-corrected chi connectivity index (χ4v) is 1.93. The molecule has 0 atom stereocenters. The van der Waals surface area contributed by atoms with E-state index in [2.05, 4.69) is 10.3 Å². The van der Waals surface area contributed by atoms with E-state index in [0.717, 1.165) is 4.90 Å². The Balaban J connectivity index is 2.16. The van der Waals surface area contributed by atoms with E-state index in [0.29, 0.717) is 25.2 Å². The molecule has 1 amide bonds. The Bertz CT molecular complexity index is 486. The second-order valence-corrected chi connectivity index (χ2v) is 4.72. The van der Waals surface area contributed by atoms with Crippen molar-refractivity contribution in [1.29, 1.82) is 0 Å². The summed E-state index contributed by atoms with van der Waals surface area (Å²) in [7, 11) is 0. The molecule has 0 saturated heterocycles. The van der Waals surface area contributed by atoms with Crippen LogP contribution < -0.4 is 5.32 Å². The summed E-state index contributed by atoms with van der Waals surface area (Å²) in [6.07, 6.45) is -3.15. The molecule has 0 aliphatic heterocycles. The van der Waals surface area contributed by atoms with Crippen LogP contribution in [0.2, 0.25) is 0 Å². The predicted molar refractivity (Wildman–Crippen MR) is 68.5 cm³/mol. The molecular weight excluding hydrogens is 271 g/mol. The minimum atomic E-state index is -4.39. The third-order valence-electron chi connectivity index (χ3n) is 2.92. The Labute approximate surface area is 115 Å². The van der Waals surface area contributed by atoms with Crippen molar-refractivity contribution in [2.75, 3.05) is 18.4 Å². The molecule has 1 N–H and O–H groups in total. The van der Waals surface area contributed by atoms with Gasteiger partial charge in [0.25, 0.3) is 5.91 Å². The maximum Gasteiger partial charge on any atom is 0.406 e. The van der Waals surface area contributed by atoms with Gasteiger partial charge in [-0.1, -0.05) is 6.07 Å². The maximum absolute atomic E-state index is 12.5. The van der Waals surface area contributed by atoms with Gasteiger partial charge in [0.05, 0.1) is 0 Å². The predicted octanol–water partition coefficient (Wildman–Crippen LogP) is 2.68. The number of anilines is 1. The number of rotatable bonds is 5. The number of hydrogen-bond donors (Lipinski definition) is 1. The van der Waals surface area contributed by atoms with Gasteiger partial charge in [-0.25, -0.2) is 4.98 Å². The van der Waals surface area contributed by atoms with Crippen molar-refractivity contribution in [1.82, 2.24) is 9.88 Å². The topological polar surface area (TPSA) is 45.2 Å². The highest BCUT2D eigenvalue weighted by atomic mass is 19.4. The van der Waals surface area contributed by atoms with Gasteiger partial charge in [-0.2, -0.15) is 13.2 Å². The number of hydrogen-bond acceptors (Lipinski definition) is 3. The third-order valence-corrected chi connectivity index (χ3v) is 2.92. The zero-order chi connectivity index (χ0) is 14.8. The zero-order valence-corrected chi connectivity index (χ0v) is 11.1. The molecule has 1 fully saturated rings. The van der Waals surface area contributed by atoms with Crippen LogP contribution in [0.1, 0.15) is 30.3 Å². The van der Waals surface area contributed by atoms with E-state index in [1.54, 1.807) is 12.1 Å². The number of halogens is 3. The van der Waals surface area contributed by atoms with Crippen LogP contribution in [0.3, 0.4) is 0 Å². The van der Waals surface area contributed by atoms with Gasteiger partial charge in [0.2, 0.25) is 0 Å². The Morgan fingerprint density at radius 2 is 2.15 bits per heavy atom. The monoisotopic (exact) mass is 287 g/mol. The lowest BCUT2D eigenvalue weighted by Crippen LogP contribution is -2.40. The van der Waals surface area contributed by atoms with E-state index >= 15 is 0 Å². The molecule has 110 valence electrons. The molecule has 1 aliphatic carbocycles. The molecule has 20 heavy (non-hydrogen) atoms. The summed E-state index contributed by atoms with van der Waals surface area (Å²) in [5.74, 6) is -0.175. The van der Waals surface area contributed by atoms with E-state index in [1.807, 2.05) is 6.92 Å². The van der Waals surface area contributed by atoms with Crippen molar-refractivity contribution < 1.29 is 18.0 Å². The highest BCUT2D eigenvalue weighted by Gasteiger charge is 2.41. The standard InChI is InChI=1S/C13H16F3N3O/c1-2-17-11-5-3-4-10(18-11)12(20)19(9-6-7-9)8-13(14,15)16/h3-5,9H,2,6-8H2,1H3,(H,17,18). The molecule has 1 aliphatic rings. The van der Waals surface area contributed by atoms with Crippen molar-refractivity contribution >= 4 is 11.7 Å². The SMILES string of the molecule is CCNc1cccc(C(=O)N(CC(F)(F)F)C2CC2)n1. The molecule has 2 rings (SSSR count). The number of aromatic nitrogens is 1. The minimum Gasteiger partial charge on any atom is -0.370 e. The van der Waals surface area contributed by atoms with Gasteiger partial charge < -0.3 is 10.2 Å². The smallest absolute Gasteiger partial charge is 0.370 e. The molecule has 0 aromatic carbocycles. The Morgan fingerprint density at radius 1 is 1.45 bits per heavy atom. The number of alkyl halides is 3. The van der Waals surface area contributed by atoms with Crippen LogP contribution in [0.5, 0.6) is 0 Å². The lowest BCUT2D eigenvalue weighted by molar-refractivity contribution is -0.141. The summed E-state index contributed by atoms with van der Waals surface area (Å²) < 4.78 is 37.6. The van der Waals surface area contributed by atoms with E-state index < -0.39 is 18.6 Å². The van der Waals surface area contributed by atoms with Gasteiger partial charge in [-0.3, -0.25) is 4.79 Å². The number of carbonyl (C=O) groups excluding carboxylic acids is 1. The maximum atomic E-state index is 12.5. The minimum absolute atomic E-state index is 0.0413. The summed E-state index contributed by atoms with van der Waals surface area (Å²) >= 11 is 0. The van der Waals surface area contributed by atoms with Crippen molar-refractivity contribution in [3.05, 3.63) is 23.9 Å². The molecular formula is C13H16F3N3O. The molecule has 7 heteroatoms. The lowest BCUT2D eigenvalue weighted by Gasteiger charge is -2.23. The first-order chi connectivity index (χ1) is 9.40. The first-order valence-electron chi connectivity index (χ1n) is 6.49. The van der Waals surface area contributed by atoms with Crippen molar-refractivity contribution in [3.8, 4) is 0 Å².